The molecule has 0 aliphatic heterocycles. The molecular formula is C12H18N2O4. The quantitative estimate of drug-likeness (QED) is 0.759. The molecule has 0 unspecified atom stereocenters. The summed E-state index contributed by atoms with van der Waals surface area (Å²) in [7, 11) is 0. The average Bonchev–Trinajstić information content (AvgIpc) is 2.63. The van der Waals surface area contributed by atoms with Gasteiger partial charge >= 0.3 is 11.9 Å². The van der Waals surface area contributed by atoms with E-state index in [1.165, 1.54) is 16.9 Å². The van der Waals surface area contributed by atoms with Crippen molar-refractivity contribution in [2.24, 2.45) is 0 Å². The maximum Gasteiger partial charge on any atom is 0.357 e. The molecule has 0 N–H and O–H groups in total. The van der Waals surface area contributed by atoms with Gasteiger partial charge in [0.25, 0.3) is 0 Å². The van der Waals surface area contributed by atoms with Gasteiger partial charge in [-0.2, -0.15) is 5.10 Å². The minimum Gasteiger partial charge on any atom is -0.465 e. The number of hydrogen-bond acceptors (Lipinski definition) is 5. The number of rotatable bonds is 4. The highest BCUT2D eigenvalue weighted by Gasteiger charge is 2.21. The van der Waals surface area contributed by atoms with Crippen molar-refractivity contribution in [3.63, 3.8) is 0 Å². The Morgan fingerprint density at radius 2 is 2.06 bits per heavy atom. The molecule has 0 amide bonds. The minimum atomic E-state index is -0.587. The highest BCUT2D eigenvalue weighted by atomic mass is 16.6. The lowest BCUT2D eigenvalue weighted by molar-refractivity contribution is -0.144. The second-order valence-corrected chi connectivity index (χ2v) is 4.68. The fourth-order valence-corrected chi connectivity index (χ4v) is 1.29. The molecule has 6 heteroatoms. The van der Waals surface area contributed by atoms with Crippen molar-refractivity contribution < 1.29 is 19.1 Å². The zero-order valence-electron chi connectivity index (χ0n) is 11.1. The van der Waals surface area contributed by atoms with Crippen LogP contribution in [0.3, 0.4) is 0 Å². The zero-order chi connectivity index (χ0) is 13.8. The van der Waals surface area contributed by atoms with Gasteiger partial charge in [0.15, 0.2) is 0 Å². The lowest BCUT2D eigenvalue weighted by Gasteiger charge is -2.19. The van der Waals surface area contributed by atoms with Gasteiger partial charge in [-0.1, -0.05) is 0 Å². The van der Waals surface area contributed by atoms with E-state index in [2.05, 4.69) is 5.10 Å². The lowest BCUT2D eigenvalue weighted by Crippen LogP contribution is -2.26. The molecule has 1 heterocycles. The normalized spacial score (nSPS) is 11.1. The van der Waals surface area contributed by atoms with E-state index in [0.29, 0.717) is 6.61 Å². The van der Waals surface area contributed by atoms with Crippen LogP contribution in [0.15, 0.2) is 12.3 Å². The first-order valence-corrected chi connectivity index (χ1v) is 5.74. The van der Waals surface area contributed by atoms with Crippen LogP contribution >= 0.6 is 0 Å². The first-order chi connectivity index (χ1) is 8.33. The Hall–Kier alpha value is -1.85. The Morgan fingerprint density at radius 1 is 1.39 bits per heavy atom. The van der Waals surface area contributed by atoms with Crippen LogP contribution in [0.5, 0.6) is 0 Å². The predicted octanol–water partition coefficient (Wildman–Crippen LogP) is 1.40. The molecule has 0 aliphatic rings. The van der Waals surface area contributed by atoms with Gasteiger partial charge in [0.2, 0.25) is 0 Å². The fourth-order valence-electron chi connectivity index (χ4n) is 1.29. The van der Waals surface area contributed by atoms with Crippen LogP contribution in [0.25, 0.3) is 0 Å². The van der Waals surface area contributed by atoms with Gasteiger partial charge in [0.1, 0.15) is 17.8 Å². The Bertz CT molecular complexity index is 432. The number of carbonyl (C=O) groups excluding carboxylic acids is 2. The summed E-state index contributed by atoms with van der Waals surface area (Å²) in [5, 5.41) is 3.90. The summed E-state index contributed by atoms with van der Waals surface area (Å²) in [5.74, 6) is -0.949. The SMILES string of the molecule is CCOC(=O)Cn1nccc1C(=O)OC(C)(C)C. The molecule has 0 saturated heterocycles. The second kappa shape index (κ2) is 5.66. The summed E-state index contributed by atoms with van der Waals surface area (Å²) in [6.07, 6.45) is 1.44. The number of esters is 2. The molecule has 0 bridgehead atoms. The van der Waals surface area contributed by atoms with Crippen LogP contribution in [0.4, 0.5) is 0 Å². The van der Waals surface area contributed by atoms with Crippen molar-refractivity contribution in [1.82, 2.24) is 9.78 Å². The van der Waals surface area contributed by atoms with E-state index in [1.807, 2.05) is 0 Å². The van der Waals surface area contributed by atoms with E-state index in [9.17, 15) is 9.59 Å². The maximum atomic E-state index is 11.8. The Morgan fingerprint density at radius 3 is 2.61 bits per heavy atom. The number of aromatic nitrogens is 2. The summed E-state index contributed by atoms with van der Waals surface area (Å²) in [4.78, 5) is 23.2. The third-order valence-corrected chi connectivity index (χ3v) is 1.91. The zero-order valence-corrected chi connectivity index (χ0v) is 11.1. The number of ether oxygens (including phenoxy) is 2. The Balaban J connectivity index is 2.76. The predicted molar refractivity (Wildman–Crippen MR) is 64.0 cm³/mol. The maximum absolute atomic E-state index is 11.8. The first kappa shape index (κ1) is 14.2. The number of hydrogen-bond donors (Lipinski definition) is 0. The topological polar surface area (TPSA) is 70.4 Å². The van der Waals surface area contributed by atoms with Crippen LogP contribution in [0.1, 0.15) is 38.2 Å². The molecule has 100 valence electrons. The largest absolute Gasteiger partial charge is 0.465 e. The van der Waals surface area contributed by atoms with Crippen molar-refractivity contribution >= 4 is 11.9 Å². The fraction of sp³-hybridized carbons (Fsp3) is 0.583. The van der Waals surface area contributed by atoms with E-state index in [0.717, 1.165) is 0 Å². The van der Waals surface area contributed by atoms with Gasteiger partial charge in [-0.15, -0.1) is 0 Å². The molecule has 0 aliphatic carbocycles. The van der Waals surface area contributed by atoms with Crippen molar-refractivity contribution in [2.75, 3.05) is 6.61 Å². The van der Waals surface area contributed by atoms with Gasteiger partial charge in [0, 0.05) is 6.20 Å². The van der Waals surface area contributed by atoms with Gasteiger partial charge in [-0.05, 0) is 33.8 Å². The highest BCUT2D eigenvalue weighted by molar-refractivity contribution is 5.88. The van der Waals surface area contributed by atoms with Gasteiger partial charge in [0.05, 0.1) is 6.61 Å². The van der Waals surface area contributed by atoms with Crippen LogP contribution in [0, 0.1) is 0 Å². The molecule has 0 radical (unpaired) electrons. The van der Waals surface area contributed by atoms with E-state index < -0.39 is 17.5 Å². The summed E-state index contributed by atoms with van der Waals surface area (Å²) >= 11 is 0. The third kappa shape index (κ3) is 4.20. The Kier molecular flexibility index (Phi) is 4.47. The molecule has 1 aromatic rings. The van der Waals surface area contributed by atoms with Crippen molar-refractivity contribution in [3.8, 4) is 0 Å². The van der Waals surface area contributed by atoms with E-state index in [4.69, 9.17) is 9.47 Å². The molecule has 0 aromatic carbocycles. The van der Waals surface area contributed by atoms with Crippen LogP contribution < -0.4 is 0 Å². The first-order valence-electron chi connectivity index (χ1n) is 5.74. The second-order valence-electron chi connectivity index (χ2n) is 4.68. The van der Waals surface area contributed by atoms with Gasteiger partial charge < -0.3 is 9.47 Å². The smallest absolute Gasteiger partial charge is 0.357 e. The summed E-state index contributed by atoms with van der Waals surface area (Å²) < 4.78 is 11.3. The molecular weight excluding hydrogens is 236 g/mol. The highest BCUT2D eigenvalue weighted by Crippen LogP contribution is 2.11. The number of carbonyl (C=O) groups is 2. The summed E-state index contributed by atoms with van der Waals surface area (Å²) in [6, 6.07) is 1.51. The van der Waals surface area contributed by atoms with E-state index in [-0.39, 0.29) is 12.2 Å². The lowest BCUT2D eigenvalue weighted by atomic mass is 10.2. The number of nitrogens with zero attached hydrogens (tertiary/aromatic N) is 2. The molecule has 18 heavy (non-hydrogen) atoms. The molecule has 0 saturated carbocycles. The van der Waals surface area contributed by atoms with Crippen molar-refractivity contribution in [2.45, 2.75) is 39.8 Å². The Labute approximate surface area is 106 Å². The molecule has 0 atom stereocenters. The molecule has 0 fully saturated rings. The average molecular weight is 254 g/mol. The van der Waals surface area contributed by atoms with Gasteiger partial charge in [-0.25, -0.2) is 9.48 Å². The van der Waals surface area contributed by atoms with Crippen LogP contribution in [-0.2, 0) is 20.8 Å². The monoisotopic (exact) mass is 254 g/mol. The van der Waals surface area contributed by atoms with Crippen LogP contribution in [-0.4, -0.2) is 33.9 Å². The summed E-state index contributed by atoms with van der Waals surface area (Å²) in [5.41, 5.74) is -0.353. The summed E-state index contributed by atoms with van der Waals surface area (Å²) in [6.45, 7) is 7.23. The van der Waals surface area contributed by atoms with Crippen LogP contribution in [0.2, 0.25) is 0 Å². The molecule has 1 aromatic heterocycles. The standard InChI is InChI=1S/C12H18N2O4/c1-5-17-10(15)8-14-9(6-7-13-14)11(16)18-12(2,3)4/h6-7H,5,8H2,1-4H3. The van der Waals surface area contributed by atoms with E-state index in [1.54, 1.807) is 27.7 Å². The molecule has 1 rings (SSSR count). The third-order valence-electron chi connectivity index (χ3n) is 1.91. The van der Waals surface area contributed by atoms with Gasteiger partial charge in [-0.3, -0.25) is 4.79 Å². The minimum absolute atomic E-state index is 0.102. The molecule has 6 nitrogen and oxygen atoms in total. The molecule has 0 spiro atoms. The van der Waals surface area contributed by atoms with Crippen molar-refractivity contribution in [1.29, 1.82) is 0 Å². The van der Waals surface area contributed by atoms with Crippen molar-refractivity contribution in [3.05, 3.63) is 18.0 Å². The van der Waals surface area contributed by atoms with E-state index >= 15 is 0 Å².